The highest BCUT2D eigenvalue weighted by atomic mass is 16.5. The highest BCUT2D eigenvalue weighted by Crippen LogP contribution is 2.17. The molecule has 4 rings (SSSR count). The van der Waals surface area contributed by atoms with E-state index in [1.807, 2.05) is 30.3 Å². The molecule has 0 aliphatic carbocycles. The first kappa shape index (κ1) is 17.4. The summed E-state index contributed by atoms with van der Waals surface area (Å²) in [4.78, 5) is 34.2. The van der Waals surface area contributed by atoms with Gasteiger partial charge in [0, 0.05) is 36.6 Å². The number of rotatable bonds is 5. The Morgan fingerprint density at radius 1 is 1.26 bits per heavy atom. The van der Waals surface area contributed by atoms with E-state index in [0.29, 0.717) is 17.7 Å². The third kappa shape index (κ3) is 3.90. The van der Waals surface area contributed by atoms with Gasteiger partial charge in [-0.25, -0.2) is 0 Å². The molecule has 27 heavy (non-hydrogen) atoms. The third-order valence-corrected chi connectivity index (χ3v) is 4.84. The number of hydrogen-bond acceptors (Lipinski definition) is 4. The van der Waals surface area contributed by atoms with Crippen LogP contribution in [0.3, 0.4) is 0 Å². The van der Waals surface area contributed by atoms with Crippen LogP contribution in [0.1, 0.15) is 28.8 Å². The first-order chi connectivity index (χ1) is 13.2. The van der Waals surface area contributed by atoms with Crippen LogP contribution in [0.2, 0.25) is 0 Å². The fourth-order valence-electron chi connectivity index (χ4n) is 3.44. The number of pyridine rings is 2. The largest absolute Gasteiger partial charge is 0.376 e. The molecule has 1 aromatic carbocycles. The van der Waals surface area contributed by atoms with Crippen molar-refractivity contribution < 1.29 is 9.53 Å². The van der Waals surface area contributed by atoms with Crippen molar-refractivity contribution in [1.82, 2.24) is 14.9 Å². The van der Waals surface area contributed by atoms with Gasteiger partial charge in [0.15, 0.2) is 0 Å². The van der Waals surface area contributed by atoms with Crippen LogP contribution in [0, 0.1) is 0 Å². The monoisotopic (exact) mass is 363 g/mol. The van der Waals surface area contributed by atoms with Crippen LogP contribution in [0.4, 0.5) is 0 Å². The Hall–Kier alpha value is -2.99. The zero-order valence-corrected chi connectivity index (χ0v) is 14.9. The van der Waals surface area contributed by atoms with Crippen molar-refractivity contribution in [3.63, 3.8) is 0 Å². The summed E-state index contributed by atoms with van der Waals surface area (Å²) in [6, 6.07) is 13.0. The number of nitrogens with one attached hydrogen (secondary N) is 1. The molecule has 1 fully saturated rings. The summed E-state index contributed by atoms with van der Waals surface area (Å²) in [7, 11) is 0. The fraction of sp³-hybridized carbons (Fsp3) is 0.286. The number of aromatic amines is 1. The number of fused-ring (bicyclic) bond motifs is 1. The molecule has 1 atom stereocenters. The fourth-order valence-corrected chi connectivity index (χ4v) is 3.44. The lowest BCUT2D eigenvalue weighted by molar-refractivity contribution is 0.0506. The SMILES string of the molecule is O=C(c1cccnc1)N(Cc1cc2ccccc2[nH]c1=O)CC1CCCO1. The molecule has 6 nitrogen and oxygen atoms in total. The number of H-pyrrole nitrogens is 1. The Morgan fingerprint density at radius 3 is 2.93 bits per heavy atom. The van der Waals surface area contributed by atoms with Crippen molar-refractivity contribution in [3.05, 3.63) is 76.3 Å². The minimum Gasteiger partial charge on any atom is -0.376 e. The summed E-state index contributed by atoms with van der Waals surface area (Å²) in [5.41, 5.74) is 1.68. The molecule has 1 aliphatic heterocycles. The van der Waals surface area contributed by atoms with E-state index in [4.69, 9.17) is 4.74 Å². The van der Waals surface area contributed by atoms with Gasteiger partial charge in [-0.3, -0.25) is 14.6 Å². The van der Waals surface area contributed by atoms with Gasteiger partial charge in [0.05, 0.1) is 18.2 Å². The zero-order chi connectivity index (χ0) is 18.6. The maximum atomic E-state index is 13.0. The molecular formula is C21H21N3O3. The summed E-state index contributed by atoms with van der Waals surface area (Å²) >= 11 is 0. The van der Waals surface area contributed by atoms with Crippen LogP contribution in [0.25, 0.3) is 10.9 Å². The Morgan fingerprint density at radius 2 is 2.15 bits per heavy atom. The quantitative estimate of drug-likeness (QED) is 0.756. The number of hydrogen-bond donors (Lipinski definition) is 1. The van der Waals surface area contributed by atoms with E-state index in [1.165, 1.54) is 0 Å². The average Bonchev–Trinajstić information content (AvgIpc) is 3.21. The van der Waals surface area contributed by atoms with Crippen molar-refractivity contribution in [2.24, 2.45) is 0 Å². The molecule has 138 valence electrons. The Kier molecular flexibility index (Phi) is 4.98. The number of nitrogens with zero attached hydrogens (tertiary/aromatic N) is 2. The molecular weight excluding hydrogens is 342 g/mol. The lowest BCUT2D eigenvalue weighted by atomic mass is 10.1. The second kappa shape index (κ2) is 7.72. The zero-order valence-electron chi connectivity index (χ0n) is 14.9. The van der Waals surface area contributed by atoms with Crippen molar-refractivity contribution in [2.75, 3.05) is 13.2 Å². The van der Waals surface area contributed by atoms with E-state index >= 15 is 0 Å². The number of benzene rings is 1. The third-order valence-electron chi connectivity index (χ3n) is 4.84. The van der Waals surface area contributed by atoms with Gasteiger partial charge in [0.1, 0.15) is 0 Å². The molecule has 0 bridgehead atoms. The Labute approximate surface area is 156 Å². The Bertz CT molecular complexity index is 994. The minimum absolute atomic E-state index is 0.00478. The highest BCUT2D eigenvalue weighted by molar-refractivity contribution is 5.94. The molecule has 0 saturated carbocycles. The van der Waals surface area contributed by atoms with Gasteiger partial charge in [0.2, 0.25) is 0 Å². The van der Waals surface area contributed by atoms with Crippen molar-refractivity contribution >= 4 is 16.8 Å². The van der Waals surface area contributed by atoms with E-state index in [0.717, 1.165) is 30.4 Å². The van der Waals surface area contributed by atoms with Gasteiger partial charge >= 0.3 is 0 Å². The highest BCUT2D eigenvalue weighted by Gasteiger charge is 2.24. The van der Waals surface area contributed by atoms with Crippen molar-refractivity contribution in [3.8, 4) is 0 Å². The number of aromatic nitrogens is 2. The van der Waals surface area contributed by atoms with Crippen LogP contribution >= 0.6 is 0 Å². The lowest BCUT2D eigenvalue weighted by Crippen LogP contribution is -2.38. The van der Waals surface area contributed by atoms with Crippen LogP contribution in [-0.2, 0) is 11.3 Å². The van der Waals surface area contributed by atoms with Crippen LogP contribution in [0.5, 0.6) is 0 Å². The number of ether oxygens (including phenoxy) is 1. The number of carbonyl (C=O) groups is 1. The summed E-state index contributed by atoms with van der Waals surface area (Å²) in [6.45, 7) is 1.41. The number of carbonyl (C=O) groups excluding carboxylic acids is 1. The topological polar surface area (TPSA) is 75.3 Å². The van der Waals surface area contributed by atoms with E-state index in [-0.39, 0.29) is 24.1 Å². The minimum atomic E-state index is -0.176. The summed E-state index contributed by atoms with van der Waals surface area (Å²) < 4.78 is 5.71. The Balaban J connectivity index is 1.65. The maximum absolute atomic E-state index is 13.0. The van der Waals surface area contributed by atoms with Gasteiger partial charge in [0.25, 0.3) is 11.5 Å². The van der Waals surface area contributed by atoms with E-state index in [2.05, 4.69) is 9.97 Å². The van der Waals surface area contributed by atoms with Crippen molar-refractivity contribution in [2.45, 2.75) is 25.5 Å². The number of amides is 1. The van der Waals surface area contributed by atoms with Crippen LogP contribution in [0.15, 0.2) is 59.7 Å². The normalized spacial score (nSPS) is 16.5. The first-order valence-electron chi connectivity index (χ1n) is 9.12. The molecule has 3 heterocycles. The standard InChI is InChI=1S/C21H21N3O3/c25-20-17(11-15-5-1-2-8-19(15)23-20)13-24(14-18-7-4-10-27-18)21(26)16-6-3-9-22-12-16/h1-3,5-6,8-9,11-12,18H,4,7,10,13-14H2,(H,23,25). The van der Waals surface area contributed by atoms with Gasteiger partial charge in [-0.05, 0) is 42.5 Å². The molecule has 0 radical (unpaired) electrons. The summed E-state index contributed by atoms with van der Waals surface area (Å²) in [5, 5.41) is 0.943. The van der Waals surface area contributed by atoms with Gasteiger partial charge in [-0.2, -0.15) is 0 Å². The van der Waals surface area contributed by atoms with Crippen LogP contribution in [-0.4, -0.2) is 40.0 Å². The van der Waals surface area contributed by atoms with Gasteiger partial charge < -0.3 is 14.6 Å². The van der Waals surface area contributed by atoms with E-state index in [1.54, 1.807) is 29.4 Å². The second-order valence-electron chi connectivity index (χ2n) is 6.77. The van der Waals surface area contributed by atoms with Crippen molar-refractivity contribution in [1.29, 1.82) is 0 Å². The molecule has 1 aliphatic rings. The summed E-state index contributed by atoms with van der Waals surface area (Å²) in [6.07, 6.45) is 5.11. The predicted octanol–water partition coefficient (Wildman–Crippen LogP) is 2.74. The summed E-state index contributed by atoms with van der Waals surface area (Å²) in [5.74, 6) is -0.147. The molecule has 1 N–H and O–H groups in total. The van der Waals surface area contributed by atoms with Crippen LogP contribution < -0.4 is 5.56 Å². The van der Waals surface area contributed by atoms with E-state index in [9.17, 15) is 9.59 Å². The molecule has 1 saturated heterocycles. The molecule has 1 unspecified atom stereocenters. The lowest BCUT2D eigenvalue weighted by Gasteiger charge is -2.25. The molecule has 6 heteroatoms. The van der Waals surface area contributed by atoms with E-state index < -0.39 is 0 Å². The first-order valence-corrected chi connectivity index (χ1v) is 9.12. The molecule has 1 amide bonds. The van der Waals surface area contributed by atoms with Gasteiger partial charge in [-0.1, -0.05) is 18.2 Å². The van der Waals surface area contributed by atoms with Gasteiger partial charge in [-0.15, -0.1) is 0 Å². The average molecular weight is 363 g/mol. The maximum Gasteiger partial charge on any atom is 0.255 e. The smallest absolute Gasteiger partial charge is 0.255 e. The molecule has 3 aromatic rings. The number of para-hydroxylation sites is 1. The molecule has 2 aromatic heterocycles. The second-order valence-corrected chi connectivity index (χ2v) is 6.77. The predicted molar refractivity (Wildman–Crippen MR) is 103 cm³/mol. The molecule has 0 spiro atoms.